The van der Waals surface area contributed by atoms with E-state index in [0.717, 1.165) is 26.1 Å². The van der Waals surface area contributed by atoms with E-state index < -0.39 is 0 Å². The molecule has 1 fully saturated rings. The molecule has 2 N–H and O–H groups in total. The van der Waals surface area contributed by atoms with E-state index in [0.29, 0.717) is 11.7 Å². The quantitative estimate of drug-likeness (QED) is 0.784. The number of nitrogens with zero attached hydrogens (tertiary/aromatic N) is 3. The van der Waals surface area contributed by atoms with Gasteiger partial charge in [0.15, 0.2) is 0 Å². The maximum absolute atomic E-state index is 5.66. The van der Waals surface area contributed by atoms with Gasteiger partial charge in [-0.2, -0.15) is 9.97 Å². The third kappa shape index (κ3) is 2.30. The van der Waals surface area contributed by atoms with Gasteiger partial charge in [0, 0.05) is 19.6 Å². The van der Waals surface area contributed by atoms with Gasteiger partial charge >= 0.3 is 0 Å². The fourth-order valence-corrected chi connectivity index (χ4v) is 1.69. The van der Waals surface area contributed by atoms with Crippen molar-refractivity contribution in [2.45, 2.75) is 12.8 Å². The molecule has 0 aliphatic carbocycles. The second-order valence-electron chi connectivity index (χ2n) is 3.31. The monoisotopic (exact) mass is 214 g/mol. The van der Waals surface area contributed by atoms with Gasteiger partial charge < -0.3 is 10.5 Å². The van der Waals surface area contributed by atoms with Gasteiger partial charge in [0.2, 0.25) is 11.2 Å². The molecule has 1 aliphatic heterocycles. The fourth-order valence-electron chi connectivity index (χ4n) is 1.50. The number of hydrogen-bond donors (Lipinski definition) is 1. The smallest absolute Gasteiger partial charge is 0.227 e. The van der Waals surface area contributed by atoms with Crippen molar-refractivity contribution in [3.63, 3.8) is 0 Å². The number of halogens is 1. The van der Waals surface area contributed by atoms with Crippen LogP contribution in [0.15, 0.2) is 0 Å². The molecule has 76 valence electrons. The van der Waals surface area contributed by atoms with Crippen LogP contribution >= 0.6 is 11.6 Å². The van der Waals surface area contributed by atoms with Crippen LogP contribution in [0.4, 0.5) is 5.95 Å². The fraction of sp³-hybridized carbons (Fsp3) is 0.625. The van der Waals surface area contributed by atoms with Crippen LogP contribution in [0.25, 0.3) is 0 Å². The zero-order valence-corrected chi connectivity index (χ0v) is 8.37. The number of aromatic nitrogens is 3. The highest BCUT2D eigenvalue weighted by Gasteiger charge is 2.17. The van der Waals surface area contributed by atoms with Crippen LogP contribution in [0.1, 0.15) is 12.2 Å². The molecule has 1 atom stereocenters. The Kier molecular flexibility index (Phi) is 2.79. The second-order valence-corrected chi connectivity index (χ2v) is 3.65. The van der Waals surface area contributed by atoms with Crippen LogP contribution in [0.2, 0.25) is 5.28 Å². The molecule has 2 rings (SSSR count). The number of ether oxygens (including phenoxy) is 1. The first-order chi connectivity index (χ1) is 6.74. The molecule has 0 saturated carbocycles. The molecular formula is C8H11ClN4O. The Balaban J connectivity index is 2.07. The molecule has 0 amide bonds. The SMILES string of the molecule is Nc1nc(Cl)nc(CC2CCOC2)n1. The molecule has 14 heavy (non-hydrogen) atoms. The van der Waals surface area contributed by atoms with Crippen molar-refractivity contribution < 1.29 is 4.74 Å². The Morgan fingerprint density at radius 1 is 1.43 bits per heavy atom. The third-order valence-electron chi connectivity index (χ3n) is 2.17. The highest BCUT2D eigenvalue weighted by Crippen LogP contribution is 2.17. The first-order valence-corrected chi connectivity index (χ1v) is 4.85. The summed E-state index contributed by atoms with van der Waals surface area (Å²) < 4.78 is 5.25. The molecule has 0 radical (unpaired) electrons. The van der Waals surface area contributed by atoms with E-state index in [1.54, 1.807) is 0 Å². The molecule has 5 nitrogen and oxygen atoms in total. The van der Waals surface area contributed by atoms with Crippen LogP contribution in [0.5, 0.6) is 0 Å². The van der Waals surface area contributed by atoms with Gasteiger partial charge in [0.25, 0.3) is 0 Å². The van der Waals surface area contributed by atoms with Crippen LogP contribution in [-0.2, 0) is 11.2 Å². The minimum Gasteiger partial charge on any atom is -0.381 e. The number of hydrogen-bond acceptors (Lipinski definition) is 5. The summed E-state index contributed by atoms with van der Waals surface area (Å²) >= 11 is 5.66. The maximum Gasteiger partial charge on any atom is 0.227 e. The summed E-state index contributed by atoms with van der Waals surface area (Å²) in [5, 5.41) is 0.159. The van der Waals surface area contributed by atoms with Gasteiger partial charge in [0.1, 0.15) is 5.82 Å². The summed E-state index contributed by atoms with van der Waals surface area (Å²) in [5.41, 5.74) is 5.46. The normalized spacial score (nSPS) is 21.4. The standard InChI is InChI=1S/C8H11ClN4O/c9-7-11-6(12-8(10)13-7)3-5-1-2-14-4-5/h5H,1-4H2,(H2,10,11,12,13). The molecule has 1 aromatic heterocycles. The Hall–Kier alpha value is -0.940. The van der Waals surface area contributed by atoms with Crippen molar-refractivity contribution in [3.8, 4) is 0 Å². The number of rotatable bonds is 2. The van der Waals surface area contributed by atoms with Gasteiger partial charge in [0.05, 0.1) is 0 Å². The second kappa shape index (κ2) is 4.06. The van der Waals surface area contributed by atoms with Gasteiger partial charge in [-0.3, -0.25) is 0 Å². The lowest BCUT2D eigenvalue weighted by Crippen LogP contribution is -2.09. The summed E-state index contributed by atoms with van der Waals surface area (Å²) in [7, 11) is 0. The Morgan fingerprint density at radius 3 is 2.93 bits per heavy atom. The molecule has 6 heteroatoms. The van der Waals surface area contributed by atoms with Crippen LogP contribution in [0, 0.1) is 5.92 Å². The number of nitrogens with two attached hydrogens (primary N) is 1. The van der Waals surface area contributed by atoms with Gasteiger partial charge in [-0.25, -0.2) is 4.98 Å². The summed E-state index contributed by atoms with van der Waals surface area (Å²) in [6, 6.07) is 0. The van der Waals surface area contributed by atoms with Crippen molar-refractivity contribution in [1.29, 1.82) is 0 Å². The number of nitrogen functional groups attached to an aromatic ring is 1. The van der Waals surface area contributed by atoms with Gasteiger partial charge in [-0.05, 0) is 23.9 Å². The minimum absolute atomic E-state index is 0.159. The van der Waals surface area contributed by atoms with E-state index in [2.05, 4.69) is 15.0 Å². The van der Waals surface area contributed by atoms with E-state index in [1.165, 1.54) is 0 Å². The Morgan fingerprint density at radius 2 is 2.29 bits per heavy atom. The molecule has 0 spiro atoms. The van der Waals surface area contributed by atoms with Crippen molar-refractivity contribution in [2.24, 2.45) is 5.92 Å². The summed E-state index contributed by atoms with van der Waals surface area (Å²) in [6.07, 6.45) is 1.80. The maximum atomic E-state index is 5.66. The largest absolute Gasteiger partial charge is 0.381 e. The predicted octanol–water partition coefficient (Wildman–Crippen LogP) is 0.686. The Labute approximate surface area is 86.7 Å². The third-order valence-corrected chi connectivity index (χ3v) is 2.34. The molecule has 1 aliphatic rings. The molecule has 2 heterocycles. The van der Waals surface area contributed by atoms with E-state index >= 15 is 0 Å². The van der Waals surface area contributed by atoms with E-state index in [9.17, 15) is 0 Å². The van der Waals surface area contributed by atoms with Crippen molar-refractivity contribution in [1.82, 2.24) is 15.0 Å². The van der Waals surface area contributed by atoms with Crippen LogP contribution in [0.3, 0.4) is 0 Å². The molecule has 0 bridgehead atoms. The Bertz CT molecular complexity index is 307. The first kappa shape index (κ1) is 9.61. The zero-order valence-electron chi connectivity index (χ0n) is 7.61. The molecule has 1 saturated heterocycles. The molecule has 0 aromatic carbocycles. The van der Waals surface area contributed by atoms with Crippen molar-refractivity contribution >= 4 is 17.5 Å². The average Bonchev–Trinajstić information content (AvgIpc) is 2.54. The predicted molar refractivity (Wildman–Crippen MR) is 51.9 cm³/mol. The van der Waals surface area contributed by atoms with E-state index in [4.69, 9.17) is 22.1 Å². The average molecular weight is 215 g/mol. The topological polar surface area (TPSA) is 73.9 Å². The van der Waals surface area contributed by atoms with E-state index in [-0.39, 0.29) is 11.2 Å². The first-order valence-electron chi connectivity index (χ1n) is 4.47. The van der Waals surface area contributed by atoms with Crippen molar-refractivity contribution in [2.75, 3.05) is 18.9 Å². The van der Waals surface area contributed by atoms with Crippen molar-refractivity contribution in [3.05, 3.63) is 11.1 Å². The number of anilines is 1. The zero-order chi connectivity index (χ0) is 9.97. The lowest BCUT2D eigenvalue weighted by molar-refractivity contribution is 0.185. The lowest BCUT2D eigenvalue weighted by Gasteiger charge is -2.05. The molecule has 1 aromatic rings. The highest BCUT2D eigenvalue weighted by molar-refractivity contribution is 6.28. The summed E-state index contributed by atoms with van der Waals surface area (Å²) in [4.78, 5) is 11.7. The summed E-state index contributed by atoms with van der Waals surface area (Å²) in [5.74, 6) is 1.31. The van der Waals surface area contributed by atoms with Gasteiger partial charge in [-0.15, -0.1) is 0 Å². The van der Waals surface area contributed by atoms with Gasteiger partial charge in [-0.1, -0.05) is 0 Å². The van der Waals surface area contributed by atoms with E-state index in [1.807, 2.05) is 0 Å². The minimum atomic E-state index is 0.159. The molecular weight excluding hydrogens is 204 g/mol. The van der Waals surface area contributed by atoms with Crippen LogP contribution < -0.4 is 5.73 Å². The molecule has 1 unspecified atom stereocenters. The van der Waals surface area contributed by atoms with Crippen LogP contribution in [-0.4, -0.2) is 28.2 Å². The highest BCUT2D eigenvalue weighted by atomic mass is 35.5. The summed E-state index contributed by atoms with van der Waals surface area (Å²) in [6.45, 7) is 1.59. The lowest BCUT2D eigenvalue weighted by atomic mass is 10.1.